The van der Waals surface area contributed by atoms with Gasteiger partial charge in [0.15, 0.2) is 15.7 Å². The number of hydrogen-bond acceptors (Lipinski definition) is 6. The third-order valence-electron chi connectivity index (χ3n) is 3.15. The van der Waals surface area contributed by atoms with Crippen LogP contribution >= 0.6 is 0 Å². The number of nitrogens with zero attached hydrogens (tertiary/aromatic N) is 2. The average Bonchev–Trinajstić information content (AvgIpc) is 2.69. The van der Waals surface area contributed by atoms with Crippen molar-refractivity contribution in [2.45, 2.75) is 37.2 Å². The van der Waals surface area contributed by atoms with E-state index in [2.05, 4.69) is 9.82 Å². The van der Waals surface area contributed by atoms with Gasteiger partial charge in [0.1, 0.15) is 4.90 Å². The number of aryl methyl sites for hydroxylation is 1. The normalized spacial score (nSPS) is 22.8. The first-order valence-electron chi connectivity index (χ1n) is 6.29. The molecule has 0 bridgehead atoms. The summed E-state index contributed by atoms with van der Waals surface area (Å²) in [5.74, 6) is -0.146. The van der Waals surface area contributed by atoms with E-state index in [9.17, 15) is 16.8 Å². The van der Waals surface area contributed by atoms with Gasteiger partial charge in [0.2, 0.25) is 10.0 Å². The first-order chi connectivity index (χ1) is 9.23. The van der Waals surface area contributed by atoms with E-state index in [1.165, 1.54) is 10.9 Å². The Kier molecular flexibility index (Phi) is 4.07. The van der Waals surface area contributed by atoms with E-state index < -0.39 is 25.9 Å². The molecule has 0 aromatic carbocycles. The second-order valence-electron chi connectivity index (χ2n) is 4.81. The molecule has 1 unspecified atom stereocenters. The summed E-state index contributed by atoms with van der Waals surface area (Å²) in [5.41, 5.74) is 5.59. The maximum atomic E-state index is 12.2. The molecule has 1 saturated heterocycles. The smallest absolute Gasteiger partial charge is 0.246 e. The SMILES string of the molecule is CCn1cc(S(=O)(=O)NC2CCCS(=O)(=O)C2)c(N)n1. The quantitative estimate of drug-likeness (QED) is 0.758. The van der Waals surface area contributed by atoms with Crippen LogP contribution < -0.4 is 10.5 Å². The van der Waals surface area contributed by atoms with Crippen LogP contribution in [0.3, 0.4) is 0 Å². The van der Waals surface area contributed by atoms with Crippen LogP contribution in [0.4, 0.5) is 5.82 Å². The largest absolute Gasteiger partial charge is 0.381 e. The molecule has 1 aromatic rings. The van der Waals surface area contributed by atoms with Crippen LogP contribution in [0.15, 0.2) is 11.1 Å². The third kappa shape index (κ3) is 3.30. The summed E-state index contributed by atoms with van der Waals surface area (Å²) in [6.45, 7) is 2.31. The number of nitrogens with one attached hydrogen (secondary N) is 1. The molecule has 0 amide bonds. The lowest BCUT2D eigenvalue weighted by atomic mass is 10.2. The standard InChI is InChI=1S/C10H18N4O4S2/c1-2-14-6-9(10(11)12-14)20(17,18)13-8-4-3-5-19(15,16)7-8/h6,8,13H,2-5,7H2,1H3,(H2,11,12). The molecule has 0 saturated carbocycles. The number of sulfonamides is 1. The fourth-order valence-corrected chi connectivity index (χ4v) is 5.27. The molecule has 0 radical (unpaired) electrons. The molecule has 1 atom stereocenters. The highest BCUT2D eigenvalue weighted by atomic mass is 32.2. The van der Waals surface area contributed by atoms with Gasteiger partial charge in [-0.15, -0.1) is 0 Å². The van der Waals surface area contributed by atoms with Gasteiger partial charge in [-0.25, -0.2) is 21.6 Å². The molecule has 1 aliphatic rings. The Labute approximate surface area is 118 Å². The highest BCUT2D eigenvalue weighted by Gasteiger charge is 2.30. The Morgan fingerprint density at radius 3 is 2.80 bits per heavy atom. The summed E-state index contributed by atoms with van der Waals surface area (Å²) >= 11 is 0. The molecule has 3 N–H and O–H groups in total. The van der Waals surface area contributed by atoms with Gasteiger partial charge in [0.25, 0.3) is 0 Å². The average molecular weight is 322 g/mol. The number of nitrogen functional groups attached to an aromatic ring is 1. The molecule has 0 spiro atoms. The van der Waals surface area contributed by atoms with Gasteiger partial charge in [0, 0.05) is 18.8 Å². The van der Waals surface area contributed by atoms with Crippen LogP contribution in [-0.4, -0.2) is 44.2 Å². The van der Waals surface area contributed by atoms with Crippen LogP contribution in [0.25, 0.3) is 0 Å². The van der Waals surface area contributed by atoms with E-state index in [4.69, 9.17) is 5.73 Å². The monoisotopic (exact) mass is 322 g/mol. The van der Waals surface area contributed by atoms with Gasteiger partial charge in [-0.2, -0.15) is 5.10 Å². The molecule has 20 heavy (non-hydrogen) atoms. The first kappa shape index (κ1) is 15.3. The Hall–Kier alpha value is -1.13. The number of nitrogens with two attached hydrogens (primary N) is 1. The van der Waals surface area contributed by atoms with Gasteiger partial charge in [0.05, 0.1) is 11.5 Å². The van der Waals surface area contributed by atoms with Crippen molar-refractivity contribution in [3.63, 3.8) is 0 Å². The second-order valence-corrected chi connectivity index (χ2v) is 8.72. The zero-order valence-corrected chi connectivity index (χ0v) is 12.7. The summed E-state index contributed by atoms with van der Waals surface area (Å²) in [7, 11) is -7.03. The van der Waals surface area contributed by atoms with Crippen molar-refractivity contribution in [1.82, 2.24) is 14.5 Å². The lowest BCUT2D eigenvalue weighted by Crippen LogP contribution is -2.43. The van der Waals surface area contributed by atoms with E-state index in [-0.39, 0.29) is 22.2 Å². The van der Waals surface area contributed by atoms with Crippen molar-refractivity contribution in [3.8, 4) is 0 Å². The van der Waals surface area contributed by atoms with Crippen molar-refractivity contribution in [1.29, 1.82) is 0 Å². The number of hydrogen-bond donors (Lipinski definition) is 2. The number of anilines is 1. The topological polar surface area (TPSA) is 124 Å². The molecule has 1 aromatic heterocycles. The van der Waals surface area contributed by atoms with Gasteiger partial charge in [-0.1, -0.05) is 0 Å². The predicted molar refractivity (Wildman–Crippen MR) is 74.3 cm³/mol. The molecular weight excluding hydrogens is 304 g/mol. The van der Waals surface area contributed by atoms with Gasteiger partial charge in [-0.05, 0) is 19.8 Å². The number of sulfone groups is 1. The maximum absolute atomic E-state index is 12.2. The van der Waals surface area contributed by atoms with Crippen molar-refractivity contribution < 1.29 is 16.8 Å². The van der Waals surface area contributed by atoms with Gasteiger partial charge < -0.3 is 5.73 Å². The Balaban J connectivity index is 2.20. The molecule has 10 heteroatoms. The molecule has 2 heterocycles. The number of aromatic nitrogens is 2. The zero-order valence-electron chi connectivity index (χ0n) is 11.1. The lowest BCUT2D eigenvalue weighted by Gasteiger charge is -2.22. The van der Waals surface area contributed by atoms with Crippen LogP contribution in [0.5, 0.6) is 0 Å². The minimum atomic E-state index is -3.85. The summed E-state index contributed by atoms with van der Waals surface area (Å²) < 4.78 is 51.3. The van der Waals surface area contributed by atoms with Crippen molar-refractivity contribution in [2.24, 2.45) is 0 Å². The van der Waals surface area contributed by atoms with Crippen molar-refractivity contribution >= 4 is 25.7 Å². The van der Waals surface area contributed by atoms with Crippen molar-refractivity contribution in [3.05, 3.63) is 6.20 Å². The molecule has 2 rings (SSSR count). The summed E-state index contributed by atoms with van der Waals surface area (Å²) in [4.78, 5) is -0.109. The molecule has 0 aliphatic carbocycles. The van der Waals surface area contributed by atoms with Gasteiger partial charge in [-0.3, -0.25) is 4.68 Å². The first-order valence-corrected chi connectivity index (χ1v) is 9.59. The van der Waals surface area contributed by atoms with Gasteiger partial charge >= 0.3 is 0 Å². The molecule has 1 aliphatic heterocycles. The Morgan fingerprint density at radius 1 is 1.55 bits per heavy atom. The number of rotatable bonds is 4. The third-order valence-corrected chi connectivity index (χ3v) is 6.51. The van der Waals surface area contributed by atoms with E-state index in [1.807, 2.05) is 6.92 Å². The van der Waals surface area contributed by atoms with Crippen LogP contribution in [0, 0.1) is 0 Å². The molecule has 8 nitrogen and oxygen atoms in total. The summed E-state index contributed by atoms with van der Waals surface area (Å²) in [5, 5.41) is 3.87. The lowest BCUT2D eigenvalue weighted by molar-refractivity contribution is 0.517. The Morgan fingerprint density at radius 2 is 2.25 bits per heavy atom. The van der Waals surface area contributed by atoms with E-state index in [0.29, 0.717) is 19.4 Å². The predicted octanol–water partition coefficient (Wildman–Crippen LogP) is -0.659. The second kappa shape index (κ2) is 5.34. The highest BCUT2D eigenvalue weighted by Crippen LogP contribution is 2.19. The molecule has 114 valence electrons. The minimum absolute atomic E-state index is 0.0852. The van der Waals surface area contributed by atoms with E-state index >= 15 is 0 Å². The highest BCUT2D eigenvalue weighted by molar-refractivity contribution is 7.91. The van der Waals surface area contributed by atoms with Crippen LogP contribution in [0.1, 0.15) is 19.8 Å². The zero-order chi connectivity index (χ0) is 15.0. The van der Waals surface area contributed by atoms with Crippen molar-refractivity contribution in [2.75, 3.05) is 17.2 Å². The van der Waals surface area contributed by atoms with E-state index in [0.717, 1.165) is 0 Å². The maximum Gasteiger partial charge on any atom is 0.246 e. The summed E-state index contributed by atoms with van der Waals surface area (Å²) in [6, 6.07) is -0.608. The molecular formula is C10H18N4O4S2. The minimum Gasteiger partial charge on any atom is -0.381 e. The summed E-state index contributed by atoms with van der Waals surface area (Å²) in [6.07, 6.45) is 2.30. The molecule has 1 fully saturated rings. The fourth-order valence-electron chi connectivity index (χ4n) is 2.19. The van der Waals surface area contributed by atoms with Crippen LogP contribution in [0.2, 0.25) is 0 Å². The Bertz CT molecular complexity index is 693. The fraction of sp³-hybridized carbons (Fsp3) is 0.700. The van der Waals surface area contributed by atoms with E-state index in [1.54, 1.807) is 0 Å². The van der Waals surface area contributed by atoms with Crippen LogP contribution in [-0.2, 0) is 26.4 Å².